The minimum Gasteiger partial charge on any atom is -0.480 e. The van der Waals surface area contributed by atoms with Crippen LogP contribution in [0.5, 0.6) is 0 Å². The van der Waals surface area contributed by atoms with E-state index in [-0.39, 0.29) is 25.6 Å². The molecule has 2 amide bonds. The Kier molecular flexibility index (Phi) is 6.69. The summed E-state index contributed by atoms with van der Waals surface area (Å²) < 4.78 is 4.41. The molecule has 0 aromatic carbocycles. The van der Waals surface area contributed by atoms with Crippen LogP contribution in [0.25, 0.3) is 0 Å². The van der Waals surface area contributed by atoms with E-state index in [0.717, 1.165) is 0 Å². The van der Waals surface area contributed by atoms with Crippen molar-refractivity contribution in [1.82, 2.24) is 10.2 Å². The molecule has 2 N–H and O–H groups in total. The standard InChI is InChI=1S/C10H18N2O5/c1-7(2)12(6-8(13)14)10(16)11-5-4-9(15)17-3/h7H,4-6H2,1-3H3,(H,11,16)(H,13,14). The predicted octanol–water partition coefficient (Wildman–Crippen LogP) is 0.0541. The highest BCUT2D eigenvalue weighted by atomic mass is 16.5. The smallest absolute Gasteiger partial charge is 0.323 e. The van der Waals surface area contributed by atoms with Gasteiger partial charge < -0.3 is 20.1 Å². The zero-order valence-electron chi connectivity index (χ0n) is 10.2. The molecule has 0 spiro atoms. The Morgan fingerprint density at radius 1 is 1.35 bits per heavy atom. The number of carbonyl (C=O) groups excluding carboxylic acids is 2. The van der Waals surface area contributed by atoms with E-state index in [9.17, 15) is 14.4 Å². The van der Waals surface area contributed by atoms with Crippen molar-refractivity contribution in [3.8, 4) is 0 Å². The Labute approximate surface area is 99.7 Å². The van der Waals surface area contributed by atoms with Crippen LogP contribution in [0.2, 0.25) is 0 Å². The number of nitrogens with one attached hydrogen (secondary N) is 1. The number of ether oxygens (including phenoxy) is 1. The fourth-order valence-corrected chi connectivity index (χ4v) is 1.11. The average molecular weight is 246 g/mol. The summed E-state index contributed by atoms with van der Waals surface area (Å²) in [6.07, 6.45) is 0.0568. The Bertz CT molecular complexity index is 290. The van der Waals surface area contributed by atoms with Crippen LogP contribution in [0.3, 0.4) is 0 Å². The molecule has 0 aliphatic rings. The first-order valence-corrected chi connectivity index (χ1v) is 5.21. The Hall–Kier alpha value is -1.79. The molecule has 17 heavy (non-hydrogen) atoms. The molecule has 0 heterocycles. The van der Waals surface area contributed by atoms with Gasteiger partial charge in [0.15, 0.2) is 0 Å². The van der Waals surface area contributed by atoms with E-state index < -0.39 is 18.0 Å². The zero-order chi connectivity index (χ0) is 13.4. The highest BCUT2D eigenvalue weighted by molar-refractivity contribution is 5.80. The van der Waals surface area contributed by atoms with E-state index in [1.807, 2.05) is 0 Å². The van der Waals surface area contributed by atoms with Gasteiger partial charge in [-0.3, -0.25) is 9.59 Å². The second kappa shape index (κ2) is 7.48. The molecule has 0 aromatic rings. The monoisotopic (exact) mass is 246 g/mol. The molecule has 0 bridgehead atoms. The lowest BCUT2D eigenvalue weighted by atomic mass is 10.3. The van der Waals surface area contributed by atoms with E-state index in [1.54, 1.807) is 13.8 Å². The summed E-state index contributed by atoms with van der Waals surface area (Å²) in [6, 6.07) is -0.740. The van der Waals surface area contributed by atoms with Gasteiger partial charge in [-0.15, -0.1) is 0 Å². The topological polar surface area (TPSA) is 95.9 Å². The van der Waals surface area contributed by atoms with Crippen molar-refractivity contribution < 1.29 is 24.2 Å². The van der Waals surface area contributed by atoms with Gasteiger partial charge in [0.1, 0.15) is 6.54 Å². The largest absolute Gasteiger partial charge is 0.480 e. The van der Waals surface area contributed by atoms with Crippen LogP contribution < -0.4 is 5.32 Å². The fourth-order valence-electron chi connectivity index (χ4n) is 1.11. The van der Waals surface area contributed by atoms with Crippen LogP contribution in [0.15, 0.2) is 0 Å². The van der Waals surface area contributed by atoms with Crippen molar-refractivity contribution in [2.24, 2.45) is 0 Å². The molecule has 0 rings (SSSR count). The summed E-state index contributed by atoms with van der Waals surface area (Å²) in [6.45, 7) is 3.17. The predicted molar refractivity (Wildman–Crippen MR) is 59.5 cm³/mol. The van der Waals surface area contributed by atoms with Gasteiger partial charge in [-0.25, -0.2) is 4.79 Å². The first kappa shape index (κ1) is 15.2. The molecule has 0 saturated carbocycles. The maximum absolute atomic E-state index is 11.6. The Morgan fingerprint density at radius 2 is 1.94 bits per heavy atom. The third-order valence-electron chi connectivity index (χ3n) is 2.02. The lowest BCUT2D eigenvalue weighted by Gasteiger charge is -2.24. The van der Waals surface area contributed by atoms with Crippen molar-refractivity contribution in [3.63, 3.8) is 0 Å². The molecule has 98 valence electrons. The molecule has 7 nitrogen and oxygen atoms in total. The molecule has 0 atom stereocenters. The number of methoxy groups -OCH3 is 1. The third-order valence-corrected chi connectivity index (χ3v) is 2.02. The van der Waals surface area contributed by atoms with Crippen LogP contribution in [-0.2, 0) is 14.3 Å². The van der Waals surface area contributed by atoms with Crippen LogP contribution >= 0.6 is 0 Å². The lowest BCUT2D eigenvalue weighted by molar-refractivity contribution is -0.140. The van der Waals surface area contributed by atoms with Gasteiger partial charge in [0.25, 0.3) is 0 Å². The SMILES string of the molecule is COC(=O)CCNC(=O)N(CC(=O)O)C(C)C. The first-order valence-electron chi connectivity index (χ1n) is 5.21. The van der Waals surface area contributed by atoms with Gasteiger partial charge in [0, 0.05) is 12.6 Å². The number of hydrogen-bond acceptors (Lipinski definition) is 4. The molecule has 0 aromatic heterocycles. The van der Waals surface area contributed by atoms with Gasteiger partial charge >= 0.3 is 18.0 Å². The maximum atomic E-state index is 11.6. The molecular weight excluding hydrogens is 228 g/mol. The zero-order valence-corrected chi connectivity index (χ0v) is 10.2. The normalized spacial score (nSPS) is 9.88. The number of carboxylic acid groups (broad SMARTS) is 1. The minimum absolute atomic E-state index is 0.0568. The quantitative estimate of drug-likeness (QED) is 0.646. The summed E-state index contributed by atoms with van der Waals surface area (Å²) in [7, 11) is 1.26. The third kappa shape index (κ3) is 6.39. The van der Waals surface area contributed by atoms with E-state index in [0.29, 0.717) is 0 Å². The van der Waals surface area contributed by atoms with Crippen molar-refractivity contribution in [1.29, 1.82) is 0 Å². The molecule has 0 fully saturated rings. The van der Waals surface area contributed by atoms with E-state index in [2.05, 4.69) is 10.1 Å². The number of urea groups is 1. The van der Waals surface area contributed by atoms with Crippen LogP contribution in [0, 0.1) is 0 Å². The van der Waals surface area contributed by atoms with Gasteiger partial charge in [0.05, 0.1) is 13.5 Å². The van der Waals surface area contributed by atoms with Crippen molar-refractivity contribution in [2.75, 3.05) is 20.2 Å². The summed E-state index contributed by atoms with van der Waals surface area (Å²) in [5.74, 6) is -1.51. The van der Waals surface area contributed by atoms with Crippen molar-refractivity contribution in [3.05, 3.63) is 0 Å². The fraction of sp³-hybridized carbons (Fsp3) is 0.700. The van der Waals surface area contributed by atoms with E-state index >= 15 is 0 Å². The molecule has 0 radical (unpaired) electrons. The van der Waals surface area contributed by atoms with Gasteiger partial charge in [-0.2, -0.15) is 0 Å². The number of rotatable bonds is 6. The van der Waals surface area contributed by atoms with Crippen molar-refractivity contribution >= 4 is 18.0 Å². The van der Waals surface area contributed by atoms with Gasteiger partial charge in [0.2, 0.25) is 0 Å². The second-order valence-electron chi connectivity index (χ2n) is 3.67. The number of carboxylic acids is 1. The number of esters is 1. The number of aliphatic carboxylic acids is 1. The number of hydrogen-bond donors (Lipinski definition) is 2. The Morgan fingerprint density at radius 3 is 2.35 bits per heavy atom. The second-order valence-corrected chi connectivity index (χ2v) is 3.67. The van der Waals surface area contributed by atoms with Gasteiger partial charge in [-0.05, 0) is 13.8 Å². The molecule has 0 saturated heterocycles. The van der Waals surface area contributed by atoms with Crippen LogP contribution in [0.4, 0.5) is 4.79 Å². The minimum atomic E-state index is -1.08. The molecular formula is C10H18N2O5. The summed E-state index contributed by atoms with van der Waals surface area (Å²) in [5, 5.41) is 11.1. The number of amides is 2. The summed E-state index contributed by atoms with van der Waals surface area (Å²) in [4.78, 5) is 34.1. The maximum Gasteiger partial charge on any atom is 0.323 e. The molecule has 0 unspecified atom stereocenters. The molecule has 0 aliphatic carbocycles. The summed E-state index contributed by atoms with van der Waals surface area (Å²) in [5.41, 5.74) is 0. The highest BCUT2D eigenvalue weighted by Crippen LogP contribution is 1.98. The highest BCUT2D eigenvalue weighted by Gasteiger charge is 2.19. The molecule has 7 heteroatoms. The number of carbonyl (C=O) groups is 3. The lowest BCUT2D eigenvalue weighted by Crippen LogP contribution is -2.46. The van der Waals surface area contributed by atoms with Gasteiger partial charge in [-0.1, -0.05) is 0 Å². The van der Waals surface area contributed by atoms with Crippen LogP contribution in [-0.4, -0.2) is 54.2 Å². The van der Waals surface area contributed by atoms with E-state index in [4.69, 9.17) is 5.11 Å². The number of nitrogens with zero attached hydrogens (tertiary/aromatic N) is 1. The molecule has 0 aliphatic heterocycles. The summed E-state index contributed by atoms with van der Waals surface area (Å²) >= 11 is 0. The van der Waals surface area contributed by atoms with Crippen LogP contribution in [0.1, 0.15) is 20.3 Å². The average Bonchev–Trinajstić information content (AvgIpc) is 2.24. The Balaban J connectivity index is 4.15. The van der Waals surface area contributed by atoms with E-state index in [1.165, 1.54) is 12.0 Å². The van der Waals surface area contributed by atoms with Crippen molar-refractivity contribution in [2.45, 2.75) is 26.3 Å². The first-order chi connectivity index (χ1) is 7.88.